The van der Waals surface area contributed by atoms with E-state index in [0.29, 0.717) is 11.1 Å². The molecule has 0 radical (unpaired) electrons. The number of halogens is 2. The van der Waals surface area contributed by atoms with Crippen molar-refractivity contribution >= 4 is 5.91 Å². The van der Waals surface area contributed by atoms with E-state index in [2.05, 4.69) is 10.3 Å². The van der Waals surface area contributed by atoms with Gasteiger partial charge in [0.25, 0.3) is 5.91 Å². The SMILES string of the molecule is Cc1ccccc1C(=O)NCc1cccnc1Oc1ccc(F)cc1F. The normalized spacial score (nSPS) is 10.4. The molecule has 0 fully saturated rings. The smallest absolute Gasteiger partial charge is 0.251 e. The molecule has 132 valence electrons. The second-order valence-electron chi connectivity index (χ2n) is 5.64. The molecule has 0 spiro atoms. The van der Waals surface area contributed by atoms with Crippen LogP contribution in [-0.4, -0.2) is 10.9 Å². The second-order valence-corrected chi connectivity index (χ2v) is 5.64. The van der Waals surface area contributed by atoms with Gasteiger partial charge < -0.3 is 10.1 Å². The Morgan fingerprint density at radius 2 is 1.92 bits per heavy atom. The van der Waals surface area contributed by atoms with Gasteiger partial charge in [-0.2, -0.15) is 0 Å². The van der Waals surface area contributed by atoms with Gasteiger partial charge in [0.1, 0.15) is 5.82 Å². The van der Waals surface area contributed by atoms with Crippen LogP contribution in [0.1, 0.15) is 21.5 Å². The van der Waals surface area contributed by atoms with Crippen molar-refractivity contribution in [2.45, 2.75) is 13.5 Å². The highest BCUT2D eigenvalue weighted by Gasteiger charge is 2.13. The summed E-state index contributed by atoms with van der Waals surface area (Å²) < 4.78 is 32.2. The summed E-state index contributed by atoms with van der Waals surface area (Å²) in [5, 5.41) is 2.79. The first-order chi connectivity index (χ1) is 12.5. The Morgan fingerprint density at radius 3 is 2.69 bits per heavy atom. The standard InChI is InChI=1S/C20H16F2N2O2/c1-13-5-2-3-7-16(13)19(25)24-12-14-6-4-10-23-20(14)26-18-9-8-15(21)11-17(18)22/h2-11H,12H2,1H3,(H,24,25). The average molecular weight is 354 g/mol. The average Bonchev–Trinajstić information content (AvgIpc) is 2.63. The van der Waals surface area contributed by atoms with Crippen LogP contribution < -0.4 is 10.1 Å². The zero-order chi connectivity index (χ0) is 18.5. The van der Waals surface area contributed by atoms with Crippen molar-refractivity contribution in [3.63, 3.8) is 0 Å². The Balaban J connectivity index is 1.75. The Labute approximate surface area is 149 Å². The van der Waals surface area contributed by atoms with Crippen molar-refractivity contribution in [3.8, 4) is 11.6 Å². The van der Waals surface area contributed by atoms with Crippen LogP contribution >= 0.6 is 0 Å². The van der Waals surface area contributed by atoms with Crippen LogP contribution in [0.5, 0.6) is 11.6 Å². The number of nitrogens with one attached hydrogen (secondary N) is 1. The van der Waals surface area contributed by atoms with Crippen molar-refractivity contribution in [2.75, 3.05) is 0 Å². The number of benzene rings is 2. The Kier molecular flexibility index (Phi) is 5.22. The zero-order valence-electron chi connectivity index (χ0n) is 14.0. The number of aryl methyl sites for hydroxylation is 1. The minimum absolute atomic E-state index is 0.142. The Hall–Kier alpha value is -3.28. The predicted molar refractivity (Wildman–Crippen MR) is 93.0 cm³/mol. The van der Waals surface area contributed by atoms with Gasteiger partial charge >= 0.3 is 0 Å². The van der Waals surface area contributed by atoms with Crippen molar-refractivity contribution in [3.05, 3.63) is 89.1 Å². The fourth-order valence-electron chi connectivity index (χ4n) is 2.41. The maximum Gasteiger partial charge on any atom is 0.251 e. The third-order valence-corrected chi connectivity index (χ3v) is 3.78. The fraction of sp³-hybridized carbons (Fsp3) is 0.100. The van der Waals surface area contributed by atoms with Crippen LogP contribution in [0.25, 0.3) is 0 Å². The van der Waals surface area contributed by atoms with Crippen LogP contribution in [0.4, 0.5) is 8.78 Å². The predicted octanol–water partition coefficient (Wildman–Crippen LogP) is 4.39. The lowest BCUT2D eigenvalue weighted by Crippen LogP contribution is -2.23. The van der Waals surface area contributed by atoms with Crippen LogP contribution in [0.3, 0.4) is 0 Å². The number of rotatable bonds is 5. The van der Waals surface area contributed by atoms with E-state index in [1.807, 2.05) is 19.1 Å². The molecule has 3 aromatic rings. The van der Waals surface area contributed by atoms with Gasteiger partial charge in [-0.1, -0.05) is 24.3 Å². The molecule has 0 unspecified atom stereocenters. The molecule has 4 nitrogen and oxygen atoms in total. The monoisotopic (exact) mass is 354 g/mol. The summed E-state index contributed by atoms with van der Waals surface area (Å²) in [6.07, 6.45) is 1.49. The van der Waals surface area contributed by atoms with Gasteiger partial charge in [-0.25, -0.2) is 13.8 Å². The van der Waals surface area contributed by atoms with Gasteiger partial charge in [0.05, 0.1) is 0 Å². The van der Waals surface area contributed by atoms with Gasteiger partial charge in [0.15, 0.2) is 11.6 Å². The van der Waals surface area contributed by atoms with E-state index >= 15 is 0 Å². The lowest BCUT2D eigenvalue weighted by atomic mass is 10.1. The highest BCUT2D eigenvalue weighted by atomic mass is 19.1. The molecule has 0 aliphatic carbocycles. The third-order valence-electron chi connectivity index (χ3n) is 3.78. The van der Waals surface area contributed by atoms with Crippen LogP contribution in [-0.2, 0) is 6.54 Å². The molecule has 6 heteroatoms. The van der Waals surface area contributed by atoms with E-state index in [0.717, 1.165) is 17.7 Å². The van der Waals surface area contributed by atoms with Gasteiger partial charge in [-0.05, 0) is 36.8 Å². The molecule has 0 atom stereocenters. The van der Waals surface area contributed by atoms with Crippen LogP contribution in [0, 0.1) is 18.6 Å². The van der Waals surface area contributed by atoms with Crippen molar-refractivity contribution in [1.29, 1.82) is 0 Å². The lowest BCUT2D eigenvalue weighted by Gasteiger charge is -2.12. The molecule has 0 aliphatic heterocycles. The maximum absolute atomic E-state index is 13.8. The molecular weight excluding hydrogens is 338 g/mol. The van der Waals surface area contributed by atoms with Gasteiger partial charge in [0.2, 0.25) is 5.88 Å². The van der Waals surface area contributed by atoms with E-state index in [1.54, 1.807) is 24.3 Å². The Morgan fingerprint density at radius 1 is 1.12 bits per heavy atom. The first-order valence-corrected chi connectivity index (χ1v) is 7.95. The number of aromatic nitrogens is 1. The van der Waals surface area contributed by atoms with Crippen LogP contribution in [0.15, 0.2) is 60.8 Å². The summed E-state index contributed by atoms with van der Waals surface area (Å²) in [7, 11) is 0. The Bertz CT molecular complexity index is 945. The van der Waals surface area contributed by atoms with E-state index in [-0.39, 0.29) is 24.1 Å². The summed E-state index contributed by atoms with van der Waals surface area (Å²) >= 11 is 0. The highest BCUT2D eigenvalue weighted by molar-refractivity contribution is 5.95. The second kappa shape index (κ2) is 7.74. The molecule has 0 bridgehead atoms. The van der Waals surface area contributed by atoms with Crippen molar-refractivity contribution < 1.29 is 18.3 Å². The molecule has 0 saturated carbocycles. The largest absolute Gasteiger partial charge is 0.436 e. The summed E-state index contributed by atoms with van der Waals surface area (Å²) in [5.41, 5.74) is 2.00. The molecular formula is C20H16F2N2O2. The minimum Gasteiger partial charge on any atom is -0.436 e. The first kappa shape index (κ1) is 17.5. The summed E-state index contributed by atoms with van der Waals surface area (Å²) in [5.74, 6) is -1.75. The number of ether oxygens (including phenoxy) is 1. The number of hydrogen-bond donors (Lipinski definition) is 1. The fourth-order valence-corrected chi connectivity index (χ4v) is 2.41. The third kappa shape index (κ3) is 4.03. The lowest BCUT2D eigenvalue weighted by molar-refractivity contribution is 0.0950. The van der Waals surface area contributed by atoms with E-state index in [9.17, 15) is 13.6 Å². The number of carbonyl (C=O) groups is 1. The molecule has 0 saturated heterocycles. The molecule has 1 amide bonds. The van der Waals surface area contributed by atoms with E-state index in [4.69, 9.17) is 4.74 Å². The van der Waals surface area contributed by atoms with Gasteiger partial charge in [0, 0.05) is 29.9 Å². The minimum atomic E-state index is -0.828. The molecule has 1 heterocycles. The van der Waals surface area contributed by atoms with Crippen LogP contribution in [0.2, 0.25) is 0 Å². The number of hydrogen-bond acceptors (Lipinski definition) is 3. The number of carbonyl (C=O) groups excluding carboxylic acids is 1. The summed E-state index contributed by atoms with van der Waals surface area (Å²) in [4.78, 5) is 16.4. The van der Waals surface area contributed by atoms with E-state index < -0.39 is 11.6 Å². The topological polar surface area (TPSA) is 51.2 Å². The molecule has 2 aromatic carbocycles. The summed E-state index contributed by atoms with van der Waals surface area (Å²) in [6, 6.07) is 13.7. The molecule has 26 heavy (non-hydrogen) atoms. The zero-order valence-corrected chi connectivity index (χ0v) is 14.0. The molecule has 1 aromatic heterocycles. The quantitative estimate of drug-likeness (QED) is 0.739. The molecule has 1 N–H and O–H groups in total. The van der Waals surface area contributed by atoms with Gasteiger partial charge in [-0.15, -0.1) is 0 Å². The van der Waals surface area contributed by atoms with Crippen molar-refractivity contribution in [2.24, 2.45) is 0 Å². The summed E-state index contributed by atoms with van der Waals surface area (Å²) in [6.45, 7) is 2.00. The highest BCUT2D eigenvalue weighted by Crippen LogP contribution is 2.26. The number of nitrogens with zero attached hydrogens (tertiary/aromatic N) is 1. The molecule has 3 rings (SSSR count). The number of pyridine rings is 1. The van der Waals surface area contributed by atoms with E-state index in [1.165, 1.54) is 12.3 Å². The maximum atomic E-state index is 13.8. The first-order valence-electron chi connectivity index (χ1n) is 7.95. The van der Waals surface area contributed by atoms with Crippen molar-refractivity contribution in [1.82, 2.24) is 10.3 Å². The number of amides is 1. The van der Waals surface area contributed by atoms with Gasteiger partial charge in [-0.3, -0.25) is 4.79 Å². The molecule has 0 aliphatic rings.